The Balaban J connectivity index is 2.41. The normalized spacial score (nSPS) is 10.6. The topological polar surface area (TPSA) is 84.1 Å². The molecule has 0 bridgehead atoms. The van der Waals surface area contributed by atoms with Gasteiger partial charge < -0.3 is 14.6 Å². The fourth-order valence-corrected chi connectivity index (χ4v) is 3.68. The van der Waals surface area contributed by atoms with Crippen molar-refractivity contribution >= 4 is 27.5 Å². The van der Waals surface area contributed by atoms with Gasteiger partial charge in [-0.25, -0.2) is 0 Å². The van der Waals surface area contributed by atoms with Crippen molar-refractivity contribution in [3.8, 4) is 6.07 Å². The third kappa shape index (κ3) is 4.29. The summed E-state index contributed by atoms with van der Waals surface area (Å²) in [6.45, 7) is 7.53. The molecule has 1 aromatic heterocycles. The Kier molecular flexibility index (Phi) is 6.58. The molecule has 0 aliphatic carbocycles. The van der Waals surface area contributed by atoms with Gasteiger partial charge in [0.1, 0.15) is 18.2 Å². The van der Waals surface area contributed by atoms with Crippen LogP contribution >= 0.6 is 15.9 Å². The molecule has 1 amide bonds. The molecule has 0 saturated heterocycles. The van der Waals surface area contributed by atoms with E-state index in [0.29, 0.717) is 15.7 Å². The summed E-state index contributed by atoms with van der Waals surface area (Å²) in [7, 11) is 1.49. The first-order valence-electron chi connectivity index (χ1n) is 8.39. The van der Waals surface area contributed by atoms with E-state index >= 15 is 0 Å². The van der Waals surface area contributed by atoms with Crippen LogP contribution < -0.4 is 10.9 Å². The van der Waals surface area contributed by atoms with Crippen LogP contribution in [0.3, 0.4) is 0 Å². The first-order valence-corrected chi connectivity index (χ1v) is 9.19. The third-order valence-corrected chi connectivity index (χ3v) is 5.44. The maximum Gasteiger partial charge on any atom is 0.269 e. The number of ether oxygens (including phenoxy) is 1. The van der Waals surface area contributed by atoms with E-state index < -0.39 is 5.56 Å². The summed E-state index contributed by atoms with van der Waals surface area (Å²) in [5, 5.41) is 12.3. The van der Waals surface area contributed by atoms with Gasteiger partial charge in [0.05, 0.1) is 6.61 Å². The van der Waals surface area contributed by atoms with Gasteiger partial charge in [0.25, 0.3) is 5.56 Å². The van der Waals surface area contributed by atoms with Gasteiger partial charge in [-0.05, 0) is 54.8 Å². The minimum absolute atomic E-state index is 0.0233. The van der Waals surface area contributed by atoms with Gasteiger partial charge >= 0.3 is 0 Å². The highest BCUT2D eigenvalue weighted by atomic mass is 79.9. The van der Waals surface area contributed by atoms with Crippen molar-refractivity contribution in [2.45, 2.75) is 40.8 Å². The summed E-state index contributed by atoms with van der Waals surface area (Å²) in [6, 6.07) is 5.91. The van der Waals surface area contributed by atoms with E-state index in [1.54, 1.807) is 6.92 Å². The average molecular weight is 432 g/mol. The Morgan fingerprint density at radius 1 is 1.26 bits per heavy atom. The molecular formula is C20H22BrN3O3. The lowest BCUT2D eigenvalue weighted by Crippen LogP contribution is -2.32. The second-order valence-corrected chi connectivity index (χ2v) is 7.30. The summed E-state index contributed by atoms with van der Waals surface area (Å²) in [5.41, 5.74) is 4.31. The van der Waals surface area contributed by atoms with E-state index in [1.165, 1.54) is 11.7 Å². The molecule has 2 rings (SSSR count). The highest BCUT2D eigenvalue weighted by Gasteiger charge is 2.20. The molecule has 1 heterocycles. The largest absolute Gasteiger partial charge is 0.380 e. The molecule has 27 heavy (non-hydrogen) atoms. The molecular weight excluding hydrogens is 410 g/mol. The number of nitrogens with one attached hydrogen (secondary N) is 1. The zero-order valence-electron chi connectivity index (χ0n) is 16.1. The van der Waals surface area contributed by atoms with Crippen LogP contribution in [0.15, 0.2) is 21.4 Å². The van der Waals surface area contributed by atoms with Crippen LogP contribution in [-0.2, 0) is 22.7 Å². The van der Waals surface area contributed by atoms with Gasteiger partial charge in [-0.1, -0.05) is 17.7 Å². The van der Waals surface area contributed by atoms with Crippen molar-refractivity contribution in [2.75, 3.05) is 12.4 Å². The monoisotopic (exact) mass is 431 g/mol. The smallest absolute Gasteiger partial charge is 0.269 e. The number of anilines is 1. The Morgan fingerprint density at radius 2 is 1.85 bits per heavy atom. The summed E-state index contributed by atoms with van der Waals surface area (Å²) < 4.78 is 6.98. The van der Waals surface area contributed by atoms with Crippen LogP contribution in [-0.4, -0.2) is 17.6 Å². The first-order chi connectivity index (χ1) is 12.7. The molecule has 7 heteroatoms. The molecule has 0 atom stereocenters. The van der Waals surface area contributed by atoms with Crippen LogP contribution in [0.5, 0.6) is 0 Å². The number of benzene rings is 1. The highest BCUT2D eigenvalue weighted by Crippen LogP contribution is 2.24. The maximum absolute atomic E-state index is 12.7. The van der Waals surface area contributed by atoms with Crippen molar-refractivity contribution in [3.05, 3.63) is 60.5 Å². The summed E-state index contributed by atoms with van der Waals surface area (Å²) in [5.74, 6) is -0.328. The van der Waals surface area contributed by atoms with Crippen LogP contribution in [0.25, 0.3) is 0 Å². The van der Waals surface area contributed by atoms with Gasteiger partial charge in [-0.3, -0.25) is 9.59 Å². The number of nitriles is 1. The predicted octanol–water partition coefficient (Wildman–Crippen LogP) is 3.50. The Bertz CT molecular complexity index is 980. The molecule has 0 saturated carbocycles. The Hall–Kier alpha value is -2.43. The standard InChI is InChI=1S/C20H22BrN3O3/c1-11-6-12(2)19(13(3)7-11)23-17(25)9-24-14(4)18(21)16(10-27-5)15(8-22)20(24)26/h6-7H,9-10H2,1-5H3,(H,23,25). The van der Waals surface area contributed by atoms with Gasteiger partial charge in [-0.15, -0.1) is 0 Å². The number of carbonyl (C=O) groups excluding carboxylic acids is 1. The molecule has 142 valence electrons. The number of carbonyl (C=O) groups is 1. The van der Waals surface area contributed by atoms with E-state index in [4.69, 9.17) is 4.74 Å². The second-order valence-electron chi connectivity index (χ2n) is 6.51. The van der Waals surface area contributed by atoms with E-state index in [-0.39, 0.29) is 24.6 Å². The molecule has 0 radical (unpaired) electrons. The Morgan fingerprint density at radius 3 is 2.37 bits per heavy atom. The lowest BCUT2D eigenvalue weighted by Gasteiger charge is -2.17. The van der Waals surface area contributed by atoms with E-state index in [2.05, 4.69) is 21.2 Å². The lowest BCUT2D eigenvalue weighted by molar-refractivity contribution is -0.116. The molecule has 0 spiro atoms. The van der Waals surface area contributed by atoms with Crippen LogP contribution in [0.1, 0.15) is 33.5 Å². The number of hydrogen-bond donors (Lipinski definition) is 1. The SMILES string of the molecule is COCc1c(Br)c(C)n(CC(=O)Nc2c(C)cc(C)cc2C)c(=O)c1C#N. The molecule has 6 nitrogen and oxygen atoms in total. The third-order valence-electron chi connectivity index (χ3n) is 4.39. The van der Waals surface area contributed by atoms with Crippen LogP contribution in [0.2, 0.25) is 0 Å². The van der Waals surface area contributed by atoms with E-state index in [9.17, 15) is 14.9 Å². The fourth-order valence-electron chi connectivity index (χ4n) is 3.15. The number of methoxy groups -OCH3 is 1. The van der Waals surface area contributed by atoms with Crippen molar-refractivity contribution in [2.24, 2.45) is 0 Å². The average Bonchev–Trinajstić information content (AvgIpc) is 2.60. The lowest BCUT2D eigenvalue weighted by atomic mass is 10.1. The minimum atomic E-state index is -0.502. The van der Waals surface area contributed by atoms with Gasteiger partial charge in [0.15, 0.2) is 0 Å². The van der Waals surface area contributed by atoms with Gasteiger partial charge in [0, 0.05) is 28.5 Å². The zero-order valence-corrected chi connectivity index (χ0v) is 17.7. The van der Waals surface area contributed by atoms with Crippen molar-refractivity contribution in [1.29, 1.82) is 5.26 Å². The summed E-state index contributed by atoms with van der Waals surface area (Å²) in [4.78, 5) is 25.3. The number of aromatic nitrogens is 1. The van der Waals surface area contributed by atoms with Gasteiger partial charge in [0.2, 0.25) is 5.91 Å². The first kappa shape index (κ1) is 20.9. The number of amides is 1. The number of aryl methyl sites for hydroxylation is 3. The molecule has 0 aliphatic rings. The van der Waals surface area contributed by atoms with Crippen LogP contribution in [0, 0.1) is 39.0 Å². The number of rotatable bonds is 5. The molecule has 0 fully saturated rings. The number of pyridine rings is 1. The summed E-state index contributed by atoms with van der Waals surface area (Å²) in [6.07, 6.45) is 0. The van der Waals surface area contributed by atoms with Crippen LogP contribution in [0.4, 0.5) is 5.69 Å². The number of hydrogen-bond acceptors (Lipinski definition) is 4. The van der Waals surface area contributed by atoms with Crippen molar-refractivity contribution in [3.63, 3.8) is 0 Å². The predicted molar refractivity (Wildman–Crippen MR) is 108 cm³/mol. The van der Waals surface area contributed by atoms with E-state index in [0.717, 1.165) is 22.4 Å². The van der Waals surface area contributed by atoms with Crippen molar-refractivity contribution in [1.82, 2.24) is 4.57 Å². The number of nitrogens with zero attached hydrogens (tertiary/aromatic N) is 2. The quantitative estimate of drug-likeness (QED) is 0.784. The maximum atomic E-state index is 12.7. The second kappa shape index (κ2) is 8.51. The molecule has 1 N–H and O–H groups in total. The molecule has 1 aromatic carbocycles. The van der Waals surface area contributed by atoms with E-state index in [1.807, 2.05) is 39.0 Å². The minimum Gasteiger partial charge on any atom is -0.380 e. The molecule has 2 aromatic rings. The van der Waals surface area contributed by atoms with Gasteiger partial charge in [-0.2, -0.15) is 5.26 Å². The highest BCUT2D eigenvalue weighted by molar-refractivity contribution is 9.10. The molecule has 0 unspecified atom stereocenters. The van der Waals surface area contributed by atoms with Crippen molar-refractivity contribution < 1.29 is 9.53 Å². The number of halogens is 1. The molecule has 0 aliphatic heterocycles. The fraction of sp³-hybridized carbons (Fsp3) is 0.350. The summed E-state index contributed by atoms with van der Waals surface area (Å²) >= 11 is 3.42. The Labute approximate surface area is 166 Å². The zero-order chi connectivity index (χ0) is 20.3.